The molecule has 26 heavy (non-hydrogen) atoms. The van der Waals surface area contributed by atoms with Crippen molar-refractivity contribution in [3.05, 3.63) is 34.8 Å². The molecule has 1 heterocycles. The Morgan fingerprint density at radius 1 is 1.12 bits per heavy atom. The molecule has 0 aromatic heterocycles. The standard InChI is InChI=1S/C23H31NO2/c1-22-10-8-16(25-3)12-15(22)4-5-17-18-6-7-20(21-13-26-14-24-21)23(18,2)11-9-19(17)22/h4,12,14,17-19H,5-11,13H2,1-3H3/b21-20+/t17-,18-,19-,22-,23-/m0/s1. The molecule has 0 bridgehead atoms. The Hall–Kier alpha value is -1.51. The largest absolute Gasteiger partial charge is 0.501 e. The Morgan fingerprint density at radius 3 is 2.73 bits per heavy atom. The van der Waals surface area contributed by atoms with Gasteiger partial charge in [0.15, 0.2) is 6.40 Å². The van der Waals surface area contributed by atoms with Gasteiger partial charge in [-0.15, -0.1) is 0 Å². The summed E-state index contributed by atoms with van der Waals surface area (Å²) in [6.07, 6.45) is 15.3. The molecule has 2 fully saturated rings. The van der Waals surface area contributed by atoms with Gasteiger partial charge in [0.05, 0.1) is 18.6 Å². The van der Waals surface area contributed by atoms with E-state index < -0.39 is 0 Å². The molecular formula is C23H31NO2. The molecule has 4 aliphatic carbocycles. The van der Waals surface area contributed by atoms with Crippen molar-refractivity contribution in [1.29, 1.82) is 0 Å². The zero-order valence-electron chi connectivity index (χ0n) is 16.4. The molecule has 0 amide bonds. The summed E-state index contributed by atoms with van der Waals surface area (Å²) in [6.45, 7) is 5.76. The lowest BCUT2D eigenvalue weighted by atomic mass is 9.48. The predicted octanol–water partition coefficient (Wildman–Crippen LogP) is 5.40. The third-order valence-corrected chi connectivity index (χ3v) is 8.63. The summed E-state index contributed by atoms with van der Waals surface area (Å²) in [7, 11) is 1.81. The van der Waals surface area contributed by atoms with Crippen molar-refractivity contribution >= 4 is 6.40 Å². The first-order valence-electron chi connectivity index (χ1n) is 10.4. The summed E-state index contributed by atoms with van der Waals surface area (Å²) in [6, 6.07) is 0. The molecule has 0 radical (unpaired) electrons. The minimum absolute atomic E-state index is 0.339. The lowest BCUT2D eigenvalue weighted by molar-refractivity contribution is -0.00864. The number of aliphatic imine (C=N–C) groups is 1. The number of rotatable bonds is 1. The first-order valence-corrected chi connectivity index (χ1v) is 10.4. The maximum atomic E-state index is 5.57. The van der Waals surface area contributed by atoms with Crippen molar-refractivity contribution in [2.75, 3.05) is 13.7 Å². The first-order chi connectivity index (χ1) is 12.6. The topological polar surface area (TPSA) is 30.8 Å². The molecule has 2 saturated carbocycles. The van der Waals surface area contributed by atoms with Crippen molar-refractivity contribution < 1.29 is 9.47 Å². The highest BCUT2D eigenvalue weighted by atomic mass is 16.5. The van der Waals surface area contributed by atoms with Crippen molar-refractivity contribution in [1.82, 2.24) is 0 Å². The van der Waals surface area contributed by atoms with E-state index in [0.29, 0.717) is 17.4 Å². The molecule has 0 saturated heterocycles. The molecule has 0 N–H and O–H groups in total. The average Bonchev–Trinajstić information content (AvgIpc) is 3.27. The molecule has 0 aromatic rings. The lowest BCUT2D eigenvalue weighted by Gasteiger charge is -2.56. The van der Waals surface area contributed by atoms with Crippen molar-refractivity contribution in [2.45, 2.75) is 58.8 Å². The highest BCUT2D eigenvalue weighted by molar-refractivity contribution is 5.54. The van der Waals surface area contributed by atoms with Crippen LogP contribution in [0.4, 0.5) is 0 Å². The summed E-state index contributed by atoms with van der Waals surface area (Å²) >= 11 is 0. The Labute approximate surface area is 157 Å². The van der Waals surface area contributed by atoms with Crippen molar-refractivity contribution in [2.24, 2.45) is 33.6 Å². The van der Waals surface area contributed by atoms with E-state index in [1.807, 2.05) is 7.11 Å². The Morgan fingerprint density at radius 2 is 1.96 bits per heavy atom. The molecule has 3 nitrogen and oxygen atoms in total. The number of ether oxygens (including phenoxy) is 2. The molecule has 5 rings (SSSR count). The van der Waals surface area contributed by atoms with Gasteiger partial charge in [0.2, 0.25) is 0 Å². The normalized spacial score (nSPS) is 46.7. The minimum atomic E-state index is 0.339. The fraction of sp³-hybridized carbons (Fsp3) is 0.696. The Balaban J connectivity index is 1.50. The van der Waals surface area contributed by atoms with E-state index in [-0.39, 0.29) is 0 Å². The molecule has 0 unspecified atom stereocenters. The van der Waals surface area contributed by atoms with Crippen LogP contribution in [0.25, 0.3) is 0 Å². The zero-order valence-corrected chi connectivity index (χ0v) is 16.4. The molecule has 3 heteroatoms. The highest BCUT2D eigenvalue weighted by Crippen LogP contribution is 2.66. The SMILES string of the molecule is COC1=CC2=CC[C@@H]3[C@H](CC[C@]4(C)/C(=C5\COC=N5)CC[C@@H]34)[C@@]2(C)CC1. The lowest BCUT2D eigenvalue weighted by Crippen LogP contribution is -2.48. The summed E-state index contributed by atoms with van der Waals surface area (Å²) in [5.41, 5.74) is 5.08. The molecule has 1 aliphatic heterocycles. The van der Waals surface area contributed by atoms with Gasteiger partial charge in [-0.2, -0.15) is 0 Å². The quantitative estimate of drug-likeness (QED) is 0.632. The van der Waals surface area contributed by atoms with Crippen LogP contribution in [-0.4, -0.2) is 20.1 Å². The maximum absolute atomic E-state index is 5.57. The van der Waals surface area contributed by atoms with E-state index in [9.17, 15) is 0 Å². The van der Waals surface area contributed by atoms with Gasteiger partial charge < -0.3 is 9.47 Å². The Kier molecular flexibility index (Phi) is 3.68. The first kappa shape index (κ1) is 16.6. The number of nitrogens with zero attached hydrogens (tertiary/aromatic N) is 1. The van der Waals surface area contributed by atoms with Gasteiger partial charge in [0.25, 0.3) is 0 Å². The van der Waals surface area contributed by atoms with Crippen LogP contribution in [0.3, 0.4) is 0 Å². The van der Waals surface area contributed by atoms with E-state index in [4.69, 9.17) is 9.47 Å². The summed E-state index contributed by atoms with van der Waals surface area (Å²) in [5.74, 6) is 3.62. The van der Waals surface area contributed by atoms with Gasteiger partial charge in [-0.25, -0.2) is 4.99 Å². The van der Waals surface area contributed by atoms with Gasteiger partial charge in [0, 0.05) is 6.42 Å². The Bertz CT molecular complexity index is 745. The molecule has 0 spiro atoms. The predicted molar refractivity (Wildman–Crippen MR) is 104 cm³/mol. The summed E-state index contributed by atoms with van der Waals surface area (Å²) in [4.78, 5) is 4.55. The number of fused-ring (bicyclic) bond motifs is 5. The zero-order chi connectivity index (χ0) is 17.9. The number of hydrogen-bond donors (Lipinski definition) is 0. The van der Waals surface area contributed by atoms with Gasteiger partial charge in [-0.05, 0) is 84.3 Å². The second-order valence-corrected chi connectivity index (χ2v) is 9.47. The van der Waals surface area contributed by atoms with Crippen LogP contribution in [0.5, 0.6) is 0 Å². The highest BCUT2D eigenvalue weighted by Gasteiger charge is 2.57. The summed E-state index contributed by atoms with van der Waals surface area (Å²) in [5, 5.41) is 0. The molecule has 5 aliphatic rings. The third-order valence-electron chi connectivity index (χ3n) is 8.63. The van der Waals surface area contributed by atoms with Crippen LogP contribution in [0, 0.1) is 28.6 Å². The van der Waals surface area contributed by atoms with E-state index in [1.54, 1.807) is 17.5 Å². The minimum Gasteiger partial charge on any atom is -0.501 e. The van der Waals surface area contributed by atoms with Crippen LogP contribution in [0.15, 0.2) is 39.7 Å². The maximum Gasteiger partial charge on any atom is 0.174 e. The van der Waals surface area contributed by atoms with E-state index >= 15 is 0 Å². The van der Waals surface area contributed by atoms with Crippen LogP contribution in [0.1, 0.15) is 58.8 Å². The van der Waals surface area contributed by atoms with Gasteiger partial charge in [-0.3, -0.25) is 0 Å². The summed E-state index contributed by atoms with van der Waals surface area (Å²) < 4.78 is 11.0. The van der Waals surface area contributed by atoms with Gasteiger partial charge in [-0.1, -0.05) is 19.9 Å². The fourth-order valence-corrected chi connectivity index (χ4v) is 7.17. The van der Waals surface area contributed by atoms with Crippen LogP contribution in [0.2, 0.25) is 0 Å². The monoisotopic (exact) mass is 353 g/mol. The van der Waals surface area contributed by atoms with Gasteiger partial charge in [0.1, 0.15) is 6.61 Å². The molecule has 140 valence electrons. The third kappa shape index (κ3) is 2.15. The van der Waals surface area contributed by atoms with Crippen molar-refractivity contribution in [3.63, 3.8) is 0 Å². The van der Waals surface area contributed by atoms with E-state index in [0.717, 1.165) is 24.2 Å². The smallest absolute Gasteiger partial charge is 0.174 e. The number of hydrogen-bond acceptors (Lipinski definition) is 3. The second-order valence-electron chi connectivity index (χ2n) is 9.47. The van der Waals surface area contributed by atoms with E-state index in [1.165, 1.54) is 50.0 Å². The second kappa shape index (κ2) is 5.74. The van der Waals surface area contributed by atoms with Crippen LogP contribution in [-0.2, 0) is 9.47 Å². The van der Waals surface area contributed by atoms with Crippen LogP contribution < -0.4 is 0 Å². The van der Waals surface area contributed by atoms with Gasteiger partial charge >= 0.3 is 0 Å². The molecular weight excluding hydrogens is 322 g/mol. The van der Waals surface area contributed by atoms with Crippen LogP contribution >= 0.6 is 0 Å². The molecule has 5 atom stereocenters. The van der Waals surface area contributed by atoms with E-state index in [2.05, 4.69) is 31.0 Å². The number of methoxy groups -OCH3 is 1. The molecule has 0 aromatic carbocycles. The fourth-order valence-electron chi connectivity index (χ4n) is 7.17. The average molecular weight is 354 g/mol. The van der Waals surface area contributed by atoms with Crippen molar-refractivity contribution in [3.8, 4) is 0 Å². The number of allylic oxidation sites excluding steroid dienone is 5.